The Morgan fingerprint density at radius 3 is 2.48 bits per heavy atom. The van der Waals surface area contributed by atoms with Gasteiger partial charge in [0.1, 0.15) is 16.4 Å². The van der Waals surface area contributed by atoms with Gasteiger partial charge < -0.3 is 14.2 Å². The first kappa shape index (κ1) is 19.7. The number of methoxy groups -OCH3 is 2. The second-order valence-corrected chi connectivity index (χ2v) is 8.50. The largest absolute Gasteiger partial charge is 0.497 e. The van der Waals surface area contributed by atoms with Crippen LogP contribution in [0.1, 0.15) is 12.5 Å². The number of hydrogen-bond donors (Lipinski definition) is 0. The highest BCUT2D eigenvalue weighted by atomic mass is 32.2. The van der Waals surface area contributed by atoms with Gasteiger partial charge in [-0.05, 0) is 31.0 Å². The topological polar surface area (TPSA) is 65.1 Å². The van der Waals surface area contributed by atoms with E-state index in [1.165, 1.54) is 24.6 Å². The molecule has 2 atom stereocenters. The van der Waals surface area contributed by atoms with Gasteiger partial charge in [-0.15, -0.1) is 0 Å². The highest BCUT2D eigenvalue weighted by Gasteiger charge is 2.35. The van der Waals surface area contributed by atoms with Crippen molar-refractivity contribution >= 4 is 10.0 Å². The van der Waals surface area contributed by atoms with E-state index in [1.54, 1.807) is 12.1 Å². The summed E-state index contributed by atoms with van der Waals surface area (Å²) >= 11 is 0. The predicted molar refractivity (Wildman–Crippen MR) is 103 cm³/mol. The zero-order chi connectivity index (χ0) is 19.4. The van der Waals surface area contributed by atoms with E-state index in [1.807, 2.05) is 37.3 Å². The Morgan fingerprint density at radius 1 is 1.07 bits per heavy atom. The molecule has 0 spiro atoms. The highest BCUT2D eigenvalue weighted by molar-refractivity contribution is 7.89. The summed E-state index contributed by atoms with van der Waals surface area (Å²) in [7, 11) is -0.734. The molecule has 0 saturated carbocycles. The minimum absolute atomic E-state index is 0.137. The molecule has 7 heteroatoms. The van der Waals surface area contributed by atoms with Crippen LogP contribution >= 0.6 is 0 Å². The van der Waals surface area contributed by atoms with Crippen LogP contribution in [0.15, 0.2) is 53.4 Å². The fourth-order valence-electron chi connectivity index (χ4n) is 3.32. The van der Waals surface area contributed by atoms with Gasteiger partial charge in [0, 0.05) is 19.2 Å². The van der Waals surface area contributed by atoms with Crippen LogP contribution in [-0.4, -0.2) is 52.2 Å². The zero-order valence-corrected chi connectivity index (χ0v) is 16.6. The second-order valence-electron chi connectivity index (χ2n) is 6.60. The minimum atomic E-state index is -3.72. The van der Waals surface area contributed by atoms with Gasteiger partial charge in [0.15, 0.2) is 0 Å². The lowest BCUT2D eigenvalue weighted by molar-refractivity contribution is -0.0529. The third-order valence-electron chi connectivity index (χ3n) is 4.59. The molecule has 1 aliphatic rings. The molecule has 2 unspecified atom stereocenters. The lowest BCUT2D eigenvalue weighted by Gasteiger charge is -2.36. The fraction of sp³-hybridized carbons (Fsp3) is 0.400. The number of sulfonamides is 1. The van der Waals surface area contributed by atoms with Crippen LogP contribution in [0.4, 0.5) is 0 Å². The van der Waals surface area contributed by atoms with Gasteiger partial charge in [-0.3, -0.25) is 0 Å². The molecule has 1 heterocycles. The summed E-state index contributed by atoms with van der Waals surface area (Å²) in [6, 6.07) is 14.7. The van der Waals surface area contributed by atoms with E-state index in [2.05, 4.69) is 0 Å². The normalized spacial score (nSPS) is 21.0. The number of rotatable bonds is 6. The maximum atomic E-state index is 13.3. The number of hydrogen-bond acceptors (Lipinski definition) is 5. The molecule has 0 aromatic heterocycles. The molecule has 146 valence electrons. The monoisotopic (exact) mass is 391 g/mol. The Balaban J connectivity index is 1.85. The van der Waals surface area contributed by atoms with Crippen molar-refractivity contribution in [2.45, 2.75) is 30.4 Å². The number of nitrogens with zero attached hydrogens (tertiary/aromatic N) is 1. The van der Waals surface area contributed by atoms with Crippen LogP contribution in [-0.2, 0) is 21.2 Å². The Hall–Kier alpha value is -2.09. The molecule has 0 amide bonds. The molecule has 0 radical (unpaired) electrons. The first-order valence-electron chi connectivity index (χ1n) is 8.85. The smallest absolute Gasteiger partial charge is 0.246 e. The van der Waals surface area contributed by atoms with Gasteiger partial charge in [0.2, 0.25) is 10.0 Å². The first-order chi connectivity index (χ1) is 12.9. The molecule has 2 aromatic rings. The standard InChI is InChI=1S/C20H25NO5S/c1-15-13-21(14-18(26-15)11-16-7-5-4-6-8-16)27(22,23)20-10-9-17(24-2)12-19(20)25-3/h4-10,12,15,18H,11,13-14H2,1-3H3. The lowest BCUT2D eigenvalue weighted by Crippen LogP contribution is -2.49. The van der Waals surface area contributed by atoms with Crippen molar-refractivity contribution < 1.29 is 22.6 Å². The summed E-state index contributed by atoms with van der Waals surface area (Å²) in [6.07, 6.45) is 0.276. The summed E-state index contributed by atoms with van der Waals surface area (Å²) in [4.78, 5) is 0.137. The van der Waals surface area contributed by atoms with E-state index >= 15 is 0 Å². The van der Waals surface area contributed by atoms with E-state index in [9.17, 15) is 8.42 Å². The van der Waals surface area contributed by atoms with Gasteiger partial charge >= 0.3 is 0 Å². The predicted octanol–water partition coefficient (Wildman–Crippen LogP) is 2.72. The Labute approximate surface area is 160 Å². The van der Waals surface area contributed by atoms with Gasteiger partial charge in [0.05, 0.1) is 26.4 Å². The van der Waals surface area contributed by atoms with Gasteiger partial charge in [0.25, 0.3) is 0 Å². The number of morpholine rings is 1. The Kier molecular flexibility index (Phi) is 6.04. The van der Waals surface area contributed by atoms with Crippen LogP contribution in [0.3, 0.4) is 0 Å². The highest BCUT2D eigenvalue weighted by Crippen LogP contribution is 2.32. The van der Waals surface area contributed by atoms with E-state index < -0.39 is 10.0 Å². The molecule has 1 fully saturated rings. The van der Waals surface area contributed by atoms with Crippen LogP contribution in [0.5, 0.6) is 11.5 Å². The molecule has 0 aliphatic carbocycles. The summed E-state index contributed by atoms with van der Waals surface area (Å²) in [6.45, 7) is 2.50. The Morgan fingerprint density at radius 2 is 1.81 bits per heavy atom. The van der Waals surface area contributed by atoms with Crippen LogP contribution < -0.4 is 9.47 Å². The van der Waals surface area contributed by atoms with Gasteiger partial charge in [-0.25, -0.2) is 8.42 Å². The molecule has 0 N–H and O–H groups in total. The maximum absolute atomic E-state index is 13.3. The molecule has 2 aromatic carbocycles. The Bertz CT molecular complexity index is 869. The maximum Gasteiger partial charge on any atom is 0.246 e. The van der Waals surface area contributed by atoms with E-state index in [0.717, 1.165) is 5.56 Å². The minimum Gasteiger partial charge on any atom is -0.497 e. The van der Waals surface area contributed by atoms with E-state index in [4.69, 9.17) is 14.2 Å². The second kappa shape index (κ2) is 8.29. The molecular weight excluding hydrogens is 366 g/mol. The quantitative estimate of drug-likeness (QED) is 0.758. The summed E-state index contributed by atoms with van der Waals surface area (Å²) in [5.41, 5.74) is 1.12. The van der Waals surface area contributed by atoms with Crippen molar-refractivity contribution in [1.82, 2.24) is 4.31 Å². The van der Waals surface area contributed by atoms with Crippen molar-refractivity contribution in [1.29, 1.82) is 0 Å². The SMILES string of the molecule is COc1ccc(S(=O)(=O)N2CC(C)OC(Cc3ccccc3)C2)c(OC)c1. The summed E-state index contributed by atoms with van der Waals surface area (Å²) in [5, 5.41) is 0. The molecule has 6 nitrogen and oxygen atoms in total. The molecule has 3 rings (SSSR count). The van der Waals surface area contributed by atoms with Crippen molar-refractivity contribution in [3.8, 4) is 11.5 Å². The molecule has 27 heavy (non-hydrogen) atoms. The third kappa shape index (κ3) is 4.43. The zero-order valence-electron chi connectivity index (χ0n) is 15.8. The van der Waals surface area contributed by atoms with E-state index in [0.29, 0.717) is 25.3 Å². The fourth-order valence-corrected chi connectivity index (χ4v) is 5.00. The number of ether oxygens (including phenoxy) is 3. The van der Waals surface area contributed by atoms with E-state index in [-0.39, 0.29) is 22.9 Å². The molecule has 0 bridgehead atoms. The molecule has 1 aliphatic heterocycles. The first-order valence-corrected chi connectivity index (χ1v) is 10.3. The average molecular weight is 391 g/mol. The van der Waals surface area contributed by atoms with Crippen LogP contribution in [0, 0.1) is 0 Å². The molecular formula is C20H25NO5S. The van der Waals surface area contributed by atoms with Crippen molar-refractivity contribution in [3.63, 3.8) is 0 Å². The van der Waals surface area contributed by atoms with Crippen LogP contribution in [0.25, 0.3) is 0 Å². The van der Waals surface area contributed by atoms with Gasteiger partial charge in [-0.1, -0.05) is 30.3 Å². The van der Waals surface area contributed by atoms with Crippen molar-refractivity contribution in [3.05, 3.63) is 54.1 Å². The summed E-state index contributed by atoms with van der Waals surface area (Å²) in [5.74, 6) is 0.816. The van der Waals surface area contributed by atoms with Gasteiger partial charge in [-0.2, -0.15) is 4.31 Å². The van der Waals surface area contributed by atoms with Crippen molar-refractivity contribution in [2.75, 3.05) is 27.3 Å². The summed E-state index contributed by atoms with van der Waals surface area (Å²) < 4.78 is 44.5. The average Bonchev–Trinajstić information content (AvgIpc) is 2.67. The lowest BCUT2D eigenvalue weighted by atomic mass is 10.1. The van der Waals surface area contributed by atoms with Crippen molar-refractivity contribution in [2.24, 2.45) is 0 Å². The molecule has 1 saturated heterocycles. The third-order valence-corrected chi connectivity index (χ3v) is 6.46. The van der Waals surface area contributed by atoms with Crippen LogP contribution in [0.2, 0.25) is 0 Å². The number of benzene rings is 2.